The molecule has 0 saturated carbocycles. The van der Waals surface area contributed by atoms with Gasteiger partial charge in [-0.2, -0.15) is 0 Å². The number of aromatic nitrogens is 2. The fourth-order valence-electron chi connectivity index (χ4n) is 2.17. The molecule has 0 saturated heterocycles. The standard InChI is InChI=1S/C15H14F2N2O2S/c16-12-4-14-15(5-13(12)17)19(9-18-14)6-10(20)7-21-8-11-2-1-3-22-11/h1-5,9-10,20H,6-8H2/t10-/m0/s1. The number of benzene rings is 1. The fourth-order valence-corrected chi connectivity index (χ4v) is 2.81. The summed E-state index contributed by atoms with van der Waals surface area (Å²) >= 11 is 1.59. The second-order valence-electron chi connectivity index (χ2n) is 4.90. The molecule has 116 valence electrons. The van der Waals surface area contributed by atoms with Crippen LogP contribution >= 0.6 is 11.3 Å². The molecule has 0 unspecified atom stereocenters. The van der Waals surface area contributed by atoms with Gasteiger partial charge in [-0.25, -0.2) is 13.8 Å². The molecule has 22 heavy (non-hydrogen) atoms. The number of nitrogens with zero attached hydrogens (tertiary/aromatic N) is 2. The highest BCUT2D eigenvalue weighted by Gasteiger charge is 2.12. The minimum Gasteiger partial charge on any atom is -0.389 e. The summed E-state index contributed by atoms with van der Waals surface area (Å²) in [5.41, 5.74) is 0.793. The summed E-state index contributed by atoms with van der Waals surface area (Å²) in [6.07, 6.45) is 0.692. The Morgan fingerprint density at radius 2 is 2.14 bits per heavy atom. The lowest BCUT2D eigenvalue weighted by molar-refractivity contribution is 0.0218. The van der Waals surface area contributed by atoms with Gasteiger partial charge in [0.05, 0.1) is 43.2 Å². The third-order valence-corrected chi connectivity index (χ3v) is 4.06. The zero-order chi connectivity index (χ0) is 15.5. The largest absolute Gasteiger partial charge is 0.389 e. The Hall–Kier alpha value is -1.83. The molecule has 2 aromatic heterocycles. The number of hydrogen-bond donors (Lipinski definition) is 1. The van der Waals surface area contributed by atoms with E-state index in [-0.39, 0.29) is 13.2 Å². The number of ether oxygens (including phenoxy) is 1. The first-order chi connectivity index (χ1) is 10.6. The molecule has 0 amide bonds. The number of aliphatic hydroxyl groups is 1. The van der Waals surface area contributed by atoms with Crippen molar-refractivity contribution in [2.45, 2.75) is 19.3 Å². The molecule has 0 spiro atoms. The number of rotatable bonds is 6. The van der Waals surface area contributed by atoms with E-state index < -0.39 is 17.7 Å². The van der Waals surface area contributed by atoms with Crippen LogP contribution < -0.4 is 0 Å². The van der Waals surface area contributed by atoms with Gasteiger partial charge in [0.1, 0.15) is 0 Å². The van der Waals surface area contributed by atoms with Crippen molar-refractivity contribution in [3.05, 3.63) is 52.5 Å². The SMILES string of the molecule is O[C@H](COCc1cccs1)Cn1cnc2cc(F)c(F)cc21. The summed E-state index contributed by atoms with van der Waals surface area (Å²) in [5.74, 6) is -1.87. The van der Waals surface area contributed by atoms with Crippen molar-refractivity contribution in [3.63, 3.8) is 0 Å². The number of fused-ring (bicyclic) bond motifs is 1. The Labute approximate surface area is 129 Å². The van der Waals surface area contributed by atoms with E-state index in [1.807, 2.05) is 17.5 Å². The first-order valence-electron chi connectivity index (χ1n) is 6.71. The third kappa shape index (κ3) is 3.32. The van der Waals surface area contributed by atoms with Crippen molar-refractivity contribution in [2.24, 2.45) is 0 Å². The van der Waals surface area contributed by atoms with Crippen LogP contribution in [0, 0.1) is 11.6 Å². The van der Waals surface area contributed by atoms with E-state index in [0.717, 1.165) is 17.0 Å². The second-order valence-corrected chi connectivity index (χ2v) is 5.93. The van der Waals surface area contributed by atoms with Crippen molar-refractivity contribution < 1.29 is 18.6 Å². The van der Waals surface area contributed by atoms with Crippen LogP contribution in [0.3, 0.4) is 0 Å². The predicted molar refractivity (Wildman–Crippen MR) is 79.6 cm³/mol. The van der Waals surface area contributed by atoms with Gasteiger partial charge in [0.25, 0.3) is 0 Å². The maximum absolute atomic E-state index is 13.3. The third-order valence-electron chi connectivity index (χ3n) is 3.21. The summed E-state index contributed by atoms with van der Waals surface area (Å²) in [5, 5.41) is 12.0. The monoisotopic (exact) mass is 324 g/mol. The lowest BCUT2D eigenvalue weighted by Gasteiger charge is -2.12. The predicted octanol–water partition coefficient (Wildman–Crippen LogP) is 2.95. The fraction of sp³-hybridized carbons (Fsp3) is 0.267. The molecule has 0 fully saturated rings. The lowest BCUT2D eigenvalue weighted by Crippen LogP contribution is -2.21. The van der Waals surface area contributed by atoms with Crippen molar-refractivity contribution >= 4 is 22.4 Å². The van der Waals surface area contributed by atoms with E-state index in [1.165, 1.54) is 6.33 Å². The zero-order valence-corrected chi connectivity index (χ0v) is 12.4. The zero-order valence-electron chi connectivity index (χ0n) is 11.6. The Kier molecular flexibility index (Phi) is 4.47. The normalized spacial score (nSPS) is 12.9. The highest BCUT2D eigenvalue weighted by Crippen LogP contribution is 2.18. The molecule has 0 aliphatic carbocycles. The van der Waals surface area contributed by atoms with E-state index in [0.29, 0.717) is 17.6 Å². The van der Waals surface area contributed by atoms with Gasteiger partial charge in [0.15, 0.2) is 11.6 Å². The number of thiophene rings is 1. The number of hydrogen-bond acceptors (Lipinski definition) is 4. The van der Waals surface area contributed by atoms with Crippen molar-refractivity contribution in [3.8, 4) is 0 Å². The highest BCUT2D eigenvalue weighted by atomic mass is 32.1. The topological polar surface area (TPSA) is 47.3 Å². The van der Waals surface area contributed by atoms with Gasteiger partial charge >= 0.3 is 0 Å². The molecule has 3 rings (SSSR count). The first-order valence-corrected chi connectivity index (χ1v) is 7.59. The summed E-state index contributed by atoms with van der Waals surface area (Å²) in [6.45, 7) is 0.798. The molecule has 0 radical (unpaired) electrons. The van der Waals surface area contributed by atoms with E-state index in [4.69, 9.17) is 4.74 Å². The molecule has 2 heterocycles. The summed E-state index contributed by atoms with van der Waals surface area (Å²) in [4.78, 5) is 5.08. The smallest absolute Gasteiger partial charge is 0.161 e. The van der Waals surface area contributed by atoms with Crippen LogP contribution in [0.4, 0.5) is 8.78 Å². The highest BCUT2D eigenvalue weighted by molar-refractivity contribution is 7.09. The molecule has 1 aromatic carbocycles. The molecule has 3 aromatic rings. The summed E-state index contributed by atoms with van der Waals surface area (Å²) in [7, 11) is 0. The molecule has 1 atom stereocenters. The molecule has 4 nitrogen and oxygen atoms in total. The first kappa shape index (κ1) is 15.1. The van der Waals surface area contributed by atoms with Gasteiger partial charge in [0.2, 0.25) is 0 Å². The number of imidazole rings is 1. The van der Waals surface area contributed by atoms with Gasteiger partial charge in [-0.15, -0.1) is 11.3 Å². The second kappa shape index (κ2) is 6.51. The van der Waals surface area contributed by atoms with Crippen LogP contribution in [0.15, 0.2) is 36.0 Å². The van der Waals surface area contributed by atoms with Crippen LogP contribution in [0.5, 0.6) is 0 Å². The Morgan fingerprint density at radius 1 is 1.32 bits per heavy atom. The number of halogens is 2. The molecular weight excluding hydrogens is 310 g/mol. The average molecular weight is 324 g/mol. The average Bonchev–Trinajstić information content (AvgIpc) is 3.11. The minimum absolute atomic E-state index is 0.154. The molecule has 0 bridgehead atoms. The summed E-state index contributed by atoms with van der Waals surface area (Å²) in [6, 6.07) is 6.01. The van der Waals surface area contributed by atoms with Gasteiger partial charge in [-0.3, -0.25) is 0 Å². The van der Waals surface area contributed by atoms with Gasteiger partial charge in [-0.05, 0) is 11.4 Å². The van der Waals surface area contributed by atoms with Crippen LogP contribution in [-0.2, 0) is 17.9 Å². The molecular formula is C15H14F2N2O2S. The minimum atomic E-state index is -0.933. The van der Waals surface area contributed by atoms with E-state index >= 15 is 0 Å². The van der Waals surface area contributed by atoms with Crippen LogP contribution in [0.25, 0.3) is 11.0 Å². The van der Waals surface area contributed by atoms with Crippen LogP contribution in [0.2, 0.25) is 0 Å². The maximum atomic E-state index is 13.3. The number of aliphatic hydroxyl groups excluding tert-OH is 1. The van der Waals surface area contributed by atoms with Crippen LogP contribution in [-0.4, -0.2) is 27.4 Å². The van der Waals surface area contributed by atoms with Crippen molar-refractivity contribution in [2.75, 3.05) is 6.61 Å². The van der Waals surface area contributed by atoms with E-state index in [1.54, 1.807) is 15.9 Å². The Bertz CT molecular complexity index is 758. The van der Waals surface area contributed by atoms with Gasteiger partial charge in [-0.1, -0.05) is 6.07 Å². The maximum Gasteiger partial charge on any atom is 0.161 e. The van der Waals surface area contributed by atoms with Crippen molar-refractivity contribution in [1.29, 1.82) is 0 Å². The Balaban J connectivity index is 1.61. The molecule has 0 aliphatic rings. The quantitative estimate of drug-likeness (QED) is 0.758. The van der Waals surface area contributed by atoms with Gasteiger partial charge in [0, 0.05) is 17.0 Å². The summed E-state index contributed by atoms with van der Waals surface area (Å²) < 4.78 is 33.4. The van der Waals surface area contributed by atoms with Gasteiger partial charge < -0.3 is 14.4 Å². The molecule has 1 N–H and O–H groups in total. The van der Waals surface area contributed by atoms with Crippen molar-refractivity contribution in [1.82, 2.24) is 9.55 Å². The molecule has 0 aliphatic heterocycles. The van der Waals surface area contributed by atoms with E-state index in [9.17, 15) is 13.9 Å². The van der Waals surface area contributed by atoms with E-state index in [2.05, 4.69) is 4.98 Å². The molecule has 7 heteroatoms. The lowest BCUT2D eigenvalue weighted by atomic mass is 10.3. The Morgan fingerprint density at radius 3 is 2.91 bits per heavy atom. The van der Waals surface area contributed by atoms with Crippen LogP contribution in [0.1, 0.15) is 4.88 Å².